The van der Waals surface area contributed by atoms with Crippen LogP contribution >= 0.6 is 0 Å². The van der Waals surface area contributed by atoms with E-state index in [2.05, 4.69) is 0 Å². The lowest BCUT2D eigenvalue weighted by Gasteiger charge is -2.30. The number of hydrogen-bond acceptors (Lipinski definition) is 4. The van der Waals surface area contributed by atoms with Crippen LogP contribution in [0.4, 0.5) is 13.2 Å². The van der Waals surface area contributed by atoms with Crippen molar-refractivity contribution in [2.45, 2.75) is 50.4 Å². The maximum Gasteiger partial charge on any atom is 0.405 e. The molecule has 0 unspecified atom stereocenters. The number of likely N-dealkylation sites (tertiary alicyclic amines) is 1. The van der Waals surface area contributed by atoms with E-state index in [0.717, 1.165) is 25.7 Å². The standard InChI is InChI=1S/C16H23F3N2O3/c17-16(18,19)11-20-15(23)10-21-7-3-1-2-5-12(21)9-13(22)14-6-4-8-24-14/h4,6,8,12-13,22H,1-3,5,7,9-11H2,(H,20,23)/t12-,13-/m1/s1. The number of carbonyl (C=O) groups excluding carboxylic acids is 1. The molecular weight excluding hydrogens is 325 g/mol. The van der Waals surface area contributed by atoms with Crippen molar-refractivity contribution in [3.63, 3.8) is 0 Å². The van der Waals surface area contributed by atoms with Gasteiger partial charge in [-0.25, -0.2) is 0 Å². The van der Waals surface area contributed by atoms with Crippen LogP contribution in [0.25, 0.3) is 0 Å². The molecule has 1 amide bonds. The summed E-state index contributed by atoms with van der Waals surface area (Å²) in [7, 11) is 0. The van der Waals surface area contributed by atoms with E-state index in [9.17, 15) is 23.1 Å². The average molecular weight is 348 g/mol. The van der Waals surface area contributed by atoms with Gasteiger partial charge in [0.05, 0.1) is 12.8 Å². The Hall–Kier alpha value is -1.54. The molecule has 1 fully saturated rings. The van der Waals surface area contributed by atoms with Crippen molar-refractivity contribution in [2.75, 3.05) is 19.6 Å². The lowest BCUT2D eigenvalue weighted by molar-refractivity contribution is -0.139. The van der Waals surface area contributed by atoms with Crippen LogP contribution in [0.2, 0.25) is 0 Å². The third-order valence-corrected chi connectivity index (χ3v) is 4.20. The first-order valence-electron chi connectivity index (χ1n) is 8.14. The Morgan fingerprint density at radius 2 is 2.21 bits per heavy atom. The minimum absolute atomic E-state index is 0.0655. The molecule has 1 saturated heterocycles. The number of nitrogens with one attached hydrogen (secondary N) is 1. The van der Waals surface area contributed by atoms with Crippen LogP contribution in [0.5, 0.6) is 0 Å². The van der Waals surface area contributed by atoms with Crippen LogP contribution < -0.4 is 5.32 Å². The van der Waals surface area contributed by atoms with Gasteiger partial charge in [-0.05, 0) is 37.9 Å². The SMILES string of the molecule is O=C(CN1CCCCC[C@@H]1C[C@@H](O)c1ccco1)NCC(F)(F)F. The predicted octanol–water partition coefficient (Wildman–Crippen LogP) is 2.63. The highest BCUT2D eigenvalue weighted by atomic mass is 19.4. The molecule has 0 radical (unpaired) electrons. The molecule has 1 aliphatic rings. The summed E-state index contributed by atoms with van der Waals surface area (Å²) in [5, 5.41) is 12.2. The number of aliphatic hydroxyl groups excluding tert-OH is 1. The third kappa shape index (κ3) is 6.16. The Kier molecular flexibility index (Phi) is 6.68. The number of carbonyl (C=O) groups is 1. The van der Waals surface area contributed by atoms with Crippen molar-refractivity contribution in [1.29, 1.82) is 0 Å². The summed E-state index contributed by atoms with van der Waals surface area (Å²) in [6.07, 6.45) is 0.329. The van der Waals surface area contributed by atoms with Crippen LogP contribution in [0.1, 0.15) is 44.0 Å². The van der Waals surface area contributed by atoms with E-state index in [4.69, 9.17) is 4.42 Å². The fraction of sp³-hybridized carbons (Fsp3) is 0.688. The first kappa shape index (κ1) is 18.8. The molecule has 2 heterocycles. The van der Waals surface area contributed by atoms with Crippen LogP contribution in [0, 0.1) is 0 Å². The molecule has 0 spiro atoms. The first-order valence-corrected chi connectivity index (χ1v) is 8.14. The normalized spacial score (nSPS) is 21.2. The topological polar surface area (TPSA) is 65.7 Å². The second-order valence-electron chi connectivity index (χ2n) is 6.13. The van der Waals surface area contributed by atoms with Crippen LogP contribution in [0.15, 0.2) is 22.8 Å². The van der Waals surface area contributed by atoms with Gasteiger partial charge in [-0.2, -0.15) is 13.2 Å². The van der Waals surface area contributed by atoms with Crippen molar-refractivity contribution < 1.29 is 27.5 Å². The van der Waals surface area contributed by atoms with Gasteiger partial charge in [-0.15, -0.1) is 0 Å². The number of hydrogen-bond donors (Lipinski definition) is 2. The molecule has 8 heteroatoms. The van der Waals surface area contributed by atoms with E-state index in [1.54, 1.807) is 12.1 Å². The van der Waals surface area contributed by atoms with E-state index >= 15 is 0 Å². The average Bonchev–Trinajstić information content (AvgIpc) is 2.96. The molecule has 136 valence electrons. The number of furan rings is 1. The second kappa shape index (κ2) is 8.53. The monoisotopic (exact) mass is 348 g/mol. The van der Waals surface area contributed by atoms with Gasteiger partial charge in [0.25, 0.3) is 0 Å². The summed E-state index contributed by atoms with van der Waals surface area (Å²) in [6.45, 7) is -0.778. The van der Waals surface area contributed by atoms with Gasteiger partial charge < -0.3 is 14.8 Å². The van der Waals surface area contributed by atoms with Crippen LogP contribution in [-0.2, 0) is 4.79 Å². The maximum atomic E-state index is 12.2. The molecule has 0 bridgehead atoms. The Morgan fingerprint density at radius 1 is 1.42 bits per heavy atom. The molecule has 2 N–H and O–H groups in total. The van der Waals surface area contributed by atoms with Gasteiger partial charge in [0.15, 0.2) is 0 Å². The minimum Gasteiger partial charge on any atom is -0.467 e. The summed E-state index contributed by atoms with van der Waals surface area (Å²) in [5.41, 5.74) is 0. The molecule has 1 aromatic rings. The Balaban J connectivity index is 1.92. The molecular formula is C16H23F3N2O3. The molecule has 0 aliphatic carbocycles. The number of rotatable bonds is 6. The summed E-state index contributed by atoms with van der Waals surface area (Å²) >= 11 is 0. The van der Waals surface area contributed by atoms with E-state index in [1.807, 2.05) is 10.2 Å². The summed E-state index contributed by atoms with van der Waals surface area (Å²) in [6, 6.07) is 3.31. The highest BCUT2D eigenvalue weighted by molar-refractivity contribution is 5.78. The highest BCUT2D eigenvalue weighted by Gasteiger charge is 2.30. The zero-order valence-corrected chi connectivity index (χ0v) is 13.4. The lowest BCUT2D eigenvalue weighted by Crippen LogP contribution is -2.45. The predicted molar refractivity (Wildman–Crippen MR) is 81.2 cm³/mol. The fourth-order valence-electron chi connectivity index (χ4n) is 3.01. The quantitative estimate of drug-likeness (QED) is 0.829. The molecule has 0 aromatic carbocycles. The van der Waals surface area contributed by atoms with Crippen LogP contribution in [0.3, 0.4) is 0 Å². The van der Waals surface area contributed by atoms with E-state index in [0.29, 0.717) is 18.7 Å². The zero-order chi connectivity index (χ0) is 17.6. The molecule has 2 rings (SSSR count). The zero-order valence-electron chi connectivity index (χ0n) is 13.4. The van der Waals surface area contributed by atoms with Crippen molar-refractivity contribution in [3.8, 4) is 0 Å². The molecule has 5 nitrogen and oxygen atoms in total. The summed E-state index contributed by atoms with van der Waals surface area (Å²) in [4.78, 5) is 13.7. The molecule has 0 saturated carbocycles. The Labute approximate surface area is 138 Å². The minimum atomic E-state index is -4.41. The van der Waals surface area contributed by atoms with Crippen molar-refractivity contribution in [2.24, 2.45) is 0 Å². The largest absolute Gasteiger partial charge is 0.467 e. The molecule has 24 heavy (non-hydrogen) atoms. The van der Waals surface area contributed by atoms with Crippen molar-refractivity contribution in [3.05, 3.63) is 24.2 Å². The molecule has 1 aliphatic heterocycles. The molecule has 1 aromatic heterocycles. The van der Waals surface area contributed by atoms with Gasteiger partial charge >= 0.3 is 6.18 Å². The number of alkyl halides is 3. The maximum absolute atomic E-state index is 12.2. The fourth-order valence-corrected chi connectivity index (χ4v) is 3.01. The van der Waals surface area contributed by atoms with Gasteiger partial charge in [0.1, 0.15) is 18.4 Å². The Morgan fingerprint density at radius 3 is 2.88 bits per heavy atom. The summed E-state index contributed by atoms with van der Waals surface area (Å²) in [5.74, 6) is -0.188. The van der Waals surface area contributed by atoms with Gasteiger partial charge in [-0.3, -0.25) is 9.69 Å². The second-order valence-corrected chi connectivity index (χ2v) is 6.13. The first-order chi connectivity index (χ1) is 11.3. The third-order valence-electron chi connectivity index (χ3n) is 4.20. The number of aliphatic hydroxyl groups is 1. The smallest absolute Gasteiger partial charge is 0.405 e. The van der Waals surface area contributed by atoms with Gasteiger partial charge in [0, 0.05) is 6.04 Å². The number of halogens is 3. The van der Waals surface area contributed by atoms with Gasteiger partial charge in [0.2, 0.25) is 5.91 Å². The highest BCUT2D eigenvalue weighted by Crippen LogP contribution is 2.26. The van der Waals surface area contributed by atoms with Gasteiger partial charge in [-0.1, -0.05) is 12.8 Å². The van der Waals surface area contributed by atoms with Crippen LogP contribution in [-0.4, -0.2) is 47.8 Å². The number of nitrogens with zero attached hydrogens (tertiary/aromatic N) is 1. The molecule has 2 atom stereocenters. The summed E-state index contributed by atoms with van der Waals surface area (Å²) < 4.78 is 41.8. The number of amides is 1. The lowest BCUT2D eigenvalue weighted by atomic mass is 10.0. The van der Waals surface area contributed by atoms with Crippen molar-refractivity contribution in [1.82, 2.24) is 10.2 Å². The Bertz CT molecular complexity index is 505. The van der Waals surface area contributed by atoms with E-state index in [1.165, 1.54) is 6.26 Å². The van der Waals surface area contributed by atoms with E-state index in [-0.39, 0.29) is 12.6 Å². The van der Waals surface area contributed by atoms with Crippen molar-refractivity contribution >= 4 is 5.91 Å². The van der Waals surface area contributed by atoms with E-state index < -0.39 is 24.7 Å².